The molecule has 1 rings (SSSR count). The molecule has 0 bridgehead atoms. The lowest BCUT2D eigenvalue weighted by Gasteiger charge is -2.01. The maximum Gasteiger partial charge on any atom is 0.0785 e. The predicted molar refractivity (Wildman–Crippen MR) is 61.5 cm³/mol. The zero-order valence-corrected chi connectivity index (χ0v) is 9.52. The fraction of sp³-hybridized carbons (Fsp3) is 0.538. The van der Waals surface area contributed by atoms with Crippen LogP contribution in [-0.4, -0.2) is 7.18 Å². The Kier molecular flexibility index (Phi) is 8.20. The Hall–Kier alpha value is -0.850. The summed E-state index contributed by atoms with van der Waals surface area (Å²) >= 11 is 0. The van der Waals surface area contributed by atoms with Crippen molar-refractivity contribution in [3.05, 3.63) is 35.4 Å². The summed E-state index contributed by atoms with van der Waals surface area (Å²) in [5, 5.41) is 0. The Labute approximate surface area is 87.2 Å². The van der Waals surface area contributed by atoms with Crippen LogP contribution in [0.5, 0.6) is 0 Å². The highest BCUT2D eigenvalue weighted by Crippen LogP contribution is 2.07. The molecule has 0 aromatic heterocycles. The second-order valence-electron chi connectivity index (χ2n) is 3.32. The maximum atomic E-state index is 9.50. The molecule has 0 saturated heterocycles. The largest absolute Gasteiger partial charge is 0.255 e. The summed E-state index contributed by atoms with van der Waals surface area (Å²) in [6, 6.07) is 9.03. The summed E-state index contributed by atoms with van der Waals surface area (Å²) < 4.78 is 9.50. The van der Waals surface area contributed by atoms with Crippen molar-refractivity contribution in [2.75, 3.05) is 7.18 Å². The number of hydrogen-bond donors (Lipinski definition) is 0. The highest BCUT2D eigenvalue weighted by molar-refractivity contribution is 5.22. The van der Waals surface area contributed by atoms with Crippen molar-refractivity contribution in [1.29, 1.82) is 0 Å². The van der Waals surface area contributed by atoms with Crippen LogP contribution in [0.2, 0.25) is 0 Å². The van der Waals surface area contributed by atoms with Crippen LogP contribution in [0.4, 0.5) is 4.39 Å². The first kappa shape index (κ1) is 13.2. The molecule has 0 spiro atoms. The van der Waals surface area contributed by atoms with Gasteiger partial charge in [0.2, 0.25) is 0 Å². The smallest absolute Gasteiger partial charge is 0.0785 e. The first-order valence-corrected chi connectivity index (χ1v) is 5.32. The van der Waals surface area contributed by atoms with Gasteiger partial charge in [0, 0.05) is 0 Å². The van der Waals surface area contributed by atoms with Crippen molar-refractivity contribution in [3.8, 4) is 0 Å². The summed E-state index contributed by atoms with van der Waals surface area (Å²) in [6.07, 6.45) is 4.92. The number of halogens is 1. The fourth-order valence-electron chi connectivity index (χ4n) is 1.45. The van der Waals surface area contributed by atoms with Gasteiger partial charge in [0.05, 0.1) is 7.18 Å². The molecule has 1 heteroatoms. The number of alkyl halides is 1. The van der Waals surface area contributed by atoms with Crippen LogP contribution in [0, 0.1) is 0 Å². The van der Waals surface area contributed by atoms with Gasteiger partial charge < -0.3 is 0 Å². The second kappa shape index (κ2) is 8.74. The lowest BCUT2D eigenvalue weighted by atomic mass is 10.1. The lowest BCUT2D eigenvalue weighted by Crippen LogP contribution is -1.85. The van der Waals surface area contributed by atoms with Crippen LogP contribution in [0.15, 0.2) is 24.3 Å². The molecule has 1 aromatic carbocycles. The molecule has 0 unspecified atom stereocenters. The van der Waals surface area contributed by atoms with Gasteiger partial charge in [0.25, 0.3) is 0 Å². The van der Waals surface area contributed by atoms with Crippen molar-refractivity contribution < 1.29 is 4.39 Å². The highest BCUT2D eigenvalue weighted by atomic mass is 19.1. The van der Waals surface area contributed by atoms with E-state index in [9.17, 15) is 4.39 Å². The molecule has 0 heterocycles. The monoisotopic (exact) mass is 196 g/mol. The molecule has 0 saturated carbocycles. The molecule has 0 atom stereocenters. The quantitative estimate of drug-likeness (QED) is 0.677. The van der Waals surface area contributed by atoms with Gasteiger partial charge in [-0.15, -0.1) is 0 Å². The van der Waals surface area contributed by atoms with Gasteiger partial charge in [-0.25, -0.2) is 0 Å². The maximum absolute atomic E-state index is 9.50. The molecule has 0 amide bonds. The highest BCUT2D eigenvalue weighted by Gasteiger charge is 1.92. The number of hydrogen-bond acceptors (Lipinski definition) is 0. The van der Waals surface area contributed by atoms with Gasteiger partial charge in [-0.05, 0) is 24.0 Å². The molecule has 80 valence electrons. The van der Waals surface area contributed by atoms with E-state index in [1.54, 1.807) is 0 Å². The van der Waals surface area contributed by atoms with Gasteiger partial charge in [0.15, 0.2) is 0 Å². The second-order valence-corrected chi connectivity index (χ2v) is 3.32. The van der Waals surface area contributed by atoms with E-state index < -0.39 is 0 Å². The average Bonchev–Trinajstić information content (AvgIpc) is 2.25. The van der Waals surface area contributed by atoms with E-state index in [1.807, 2.05) is 0 Å². The van der Waals surface area contributed by atoms with Crippen LogP contribution in [0.25, 0.3) is 0 Å². The molecule has 14 heavy (non-hydrogen) atoms. The molecule has 0 fully saturated rings. The van der Waals surface area contributed by atoms with Crippen molar-refractivity contribution in [1.82, 2.24) is 0 Å². The minimum Gasteiger partial charge on any atom is -0.255 e. The van der Waals surface area contributed by atoms with Crippen molar-refractivity contribution in [3.63, 3.8) is 0 Å². The van der Waals surface area contributed by atoms with Crippen LogP contribution >= 0.6 is 0 Å². The van der Waals surface area contributed by atoms with Crippen molar-refractivity contribution in [2.45, 2.75) is 39.5 Å². The molecule has 1 aromatic rings. The fourth-order valence-corrected chi connectivity index (χ4v) is 1.45. The SMILES string of the molecule is CCCc1ccc(CCC)cc1.CF. The van der Waals surface area contributed by atoms with Gasteiger partial charge in [-0.3, -0.25) is 4.39 Å². The third-order valence-corrected chi connectivity index (χ3v) is 2.10. The molecule has 0 nitrogen and oxygen atoms in total. The Bertz CT molecular complexity index is 188. The number of aryl methyl sites for hydroxylation is 2. The Morgan fingerprint density at radius 2 is 1.07 bits per heavy atom. The van der Waals surface area contributed by atoms with E-state index in [0.717, 1.165) is 0 Å². The topological polar surface area (TPSA) is 0 Å². The van der Waals surface area contributed by atoms with E-state index in [4.69, 9.17) is 0 Å². The Morgan fingerprint density at radius 1 is 0.786 bits per heavy atom. The third-order valence-electron chi connectivity index (χ3n) is 2.10. The molecule has 0 radical (unpaired) electrons. The molecular weight excluding hydrogens is 175 g/mol. The van der Waals surface area contributed by atoms with E-state index in [1.165, 1.54) is 36.8 Å². The van der Waals surface area contributed by atoms with E-state index in [2.05, 4.69) is 38.1 Å². The zero-order valence-electron chi connectivity index (χ0n) is 9.52. The van der Waals surface area contributed by atoms with E-state index in [0.29, 0.717) is 7.18 Å². The van der Waals surface area contributed by atoms with Gasteiger partial charge >= 0.3 is 0 Å². The van der Waals surface area contributed by atoms with Crippen molar-refractivity contribution >= 4 is 0 Å². The molecule has 0 aliphatic heterocycles. The van der Waals surface area contributed by atoms with Crippen LogP contribution in [-0.2, 0) is 12.8 Å². The van der Waals surface area contributed by atoms with E-state index in [-0.39, 0.29) is 0 Å². The standard InChI is InChI=1S/C12H18.CH3F/c1-3-5-11-7-9-12(6-4-2)10-8-11;1-2/h7-10H,3-6H2,1-2H3;1H3. The zero-order chi connectivity index (χ0) is 10.8. The van der Waals surface area contributed by atoms with Crippen LogP contribution < -0.4 is 0 Å². The molecule has 0 aliphatic carbocycles. The lowest BCUT2D eigenvalue weighted by molar-refractivity contribution is 0.636. The van der Waals surface area contributed by atoms with Gasteiger partial charge in [-0.1, -0.05) is 51.0 Å². The van der Waals surface area contributed by atoms with Crippen LogP contribution in [0.1, 0.15) is 37.8 Å². The number of benzene rings is 1. The van der Waals surface area contributed by atoms with Crippen LogP contribution in [0.3, 0.4) is 0 Å². The molecule has 0 aliphatic rings. The van der Waals surface area contributed by atoms with Crippen molar-refractivity contribution in [2.24, 2.45) is 0 Å². The number of rotatable bonds is 4. The normalized spacial score (nSPS) is 9.14. The summed E-state index contributed by atoms with van der Waals surface area (Å²) in [5.41, 5.74) is 2.94. The first-order valence-electron chi connectivity index (χ1n) is 5.32. The summed E-state index contributed by atoms with van der Waals surface area (Å²) in [7, 11) is 0.500. The minimum atomic E-state index is 0.500. The first-order chi connectivity index (χ1) is 6.86. The molecular formula is C13H21F. The Balaban J connectivity index is 0.000000791. The Morgan fingerprint density at radius 3 is 1.29 bits per heavy atom. The summed E-state index contributed by atoms with van der Waals surface area (Å²) in [4.78, 5) is 0. The van der Waals surface area contributed by atoms with Gasteiger partial charge in [0.1, 0.15) is 0 Å². The predicted octanol–water partition coefficient (Wildman–Crippen LogP) is 4.18. The van der Waals surface area contributed by atoms with Gasteiger partial charge in [-0.2, -0.15) is 0 Å². The summed E-state index contributed by atoms with van der Waals surface area (Å²) in [6.45, 7) is 4.44. The molecule has 0 N–H and O–H groups in total. The average molecular weight is 196 g/mol. The third kappa shape index (κ3) is 5.00. The van der Waals surface area contributed by atoms with E-state index >= 15 is 0 Å². The minimum absolute atomic E-state index is 0.500. The summed E-state index contributed by atoms with van der Waals surface area (Å²) in [5.74, 6) is 0.